The molecule has 10 nitrogen and oxygen atoms in total. The minimum atomic E-state index is -4.37. The van der Waals surface area contributed by atoms with Crippen LogP contribution in [0.15, 0.2) is 32.9 Å². The van der Waals surface area contributed by atoms with E-state index in [4.69, 9.17) is 0 Å². The van der Waals surface area contributed by atoms with E-state index in [9.17, 15) is 35.2 Å². The third-order valence-corrected chi connectivity index (χ3v) is 11.2. The summed E-state index contributed by atoms with van der Waals surface area (Å²) in [6, 6.07) is 2.97. The molecule has 2 aromatic rings. The standard InChI is InChI=1S/C24H24F2N4O6S3/c1-38(33,34)27-8-14-10-37-23-21(14)39(35,36)29-22(28-23)18-20(31)17-12-3-4-13(7-12)19(17)30(24(18)32)9-11-2-5-15(25)16(26)6-11/h2,5-6,10,12-13,17-19,27H,3-4,7-9H2,1H3,(H,28,29)/t12-,13+,17-,18?,19+/m1/s1. The number of fused-ring (bicyclic) bond motifs is 6. The van der Waals surface area contributed by atoms with Gasteiger partial charge < -0.3 is 10.2 Å². The monoisotopic (exact) mass is 598 g/mol. The van der Waals surface area contributed by atoms with Crippen molar-refractivity contribution in [2.45, 2.75) is 43.3 Å². The van der Waals surface area contributed by atoms with Crippen LogP contribution in [0.4, 0.5) is 13.8 Å². The third-order valence-electron chi connectivity index (χ3n) is 8.05. The molecule has 15 heteroatoms. The Morgan fingerprint density at radius 2 is 1.92 bits per heavy atom. The number of hydrogen-bond acceptors (Lipinski definition) is 8. The Hall–Kier alpha value is -2.75. The fourth-order valence-electron chi connectivity index (χ4n) is 6.53. The number of halogens is 2. The van der Waals surface area contributed by atoms with Crippen molar-refractivity contribution in [3.05, 3.63) is 46.3 Å². The highest BCUT2D eigenvalue weighted by Crippen LogP contribution is 2.54. The summed E-state index contributed by atoms with van der Waals surface area (Å²) in [6.07, 6.45) is 3.38. The summed E-state index contributed by atoms with van der Waals surface area (Å²) in [6.45, 7) is -0.331. The summed E-state index contributed by atoms with van der Waals surface area (Å²) in [5.41, 5.74) is 0.539. The van der Waals surface area contributed by atoms with Crippen LogP contribution in [-0.2, 0) is 42.7 Å². The van der Waals surface area contributed by atoms with E-state index in [1.807, 2.05) is 0 Å². The lowest BCUT2D eigenvalue weighted by Crippen LogP contribution is -2.61. The van der Waals surface area contributed by atoms with Crippen molar-refractivity contribution >= 4 is 53.9 Å². The van der Waals surface area contributed by atoms with Gasteiger partial charge in [0.15, 0.2) is 23.3 Å². The van der Waals surface area contributed by atoms with Crippen LogP contribution < -0.4 is 10.0 Å². The Morgan fingerprint density at radius 1 is 1.18 bits per heavy atom. The van der Waals surface area contributed by atoms with Crippen molar-refractivity contribution in [1.82, 2.24) is 9.62 Å². The molecule has 1 aromatic heterocycles. The van der Waals surface area contributed by atoms with Gasteiger partial charge in [0.1, 0.15) is 15.7 Å². The number of hydrogen-bond donors (Lipinski definition) is 2. The Morgan fingerprint density at radius 3 is 2.64 bits per heavy atom. The van der Waals surface area contributed by atoms with Gasteiger partial charge in [-0.25, -0.2) is 21.9 Å². The highest BCUT2D eigenvalue weighted by Gasteiger charge is 2.60. The number of rotatable bonds is 6. The molecular formula is C24H24F2N4O6S3. The number of amides is 1. The van der Waals surface area contributed by atoms with Gasteiger partial charge in [0.05, 0.1) is 6.26 Å². The Kier molecular flexibility index (Phi) is 6.21. The fraction of sp³-hybridized carbons (Fsp3) is 0.458. The first-order valence-corrected chi connectivity index (χ1v) is 16.5. The Bertz CT molecular complexity index is 1660. The molecular weight excluding hydrogens is 574 g/mol. The van der Waals surface area contributed by atoms with E-state index >= 15 is 0 Å². The minimum absolute atomic E-state index is 0.0438. The lowest BCUT2D eigenvalue weighted by Gasteiger charge is -2.45. The van der Waals surface area contributed by atoms with Gasteiger partial charge in [-0.05, 0) is 54.2 Å². The zero-order valence-electron chi connectivity index (χ0n) is 20.6. The molecule has 2 N–H and O–H groups in total. The number of carbonyl (C=O) groups excluding carboxylic acids is 2. The van der Waals surface area contributed by atoms with Gasteiger partial charge in [-0.1, -0.05) is 6.07 Å². The average Bonchev–Trinajstić information content (AvgIpc) is 3.57. The zero-order valence-corrected chi connectivity index (χ0v) is 23.0. The van der Waals surface area contributed by atoms with E-state index in [1.165, 1.54) is 16.3 Å². The molecule has 208 valence electrons. The Labute approximate surface area is 227 Å². The molecule has 1 saturated heterocycles. The number of sulfonamides is 2. The number of piperidine rings is 1. The molecule has 2 aliphatic carbocycles. The van der Waals surface area contributed by atoms with Crippen molar-refractivity contribution in [2.75, 3.05) is 11.6 Å². The number of carbonyl (C=O) groups is 2. The van der Waals surface area contributed by atoms with Crippen LogP contribution in [0.5, 0.6) is 0 Å². The van der Waals surface area contributed by atoms with E-state index in [1.54, 1.807) is 0 Å². The molecule has 5 atom stereocenters. The number of anilines is 1. The number of nitrogens with zero attached hydrogens (tertiary/aromatic N) is 2. The summed E-state index contributed by atoms with van der Waals surface area (Å²) >= 11 is 0.994. The normalized spacial score (nSPS) is 29.2. The van der Waals surface area contributed by atoms with Crippen LogP contribution in [0.3, 0.4) is 0 Å². The van der Waals surface area contributed by atoms with E-state index in [0.29, 0.717) is 5.56 Å². The molecule has 6 rings (SSSR count). The second-order valence-electron chi connectivity index (χ2n) is 10.5. The first kappa shape index (κ1) is 26.5. The molecule has 2 saturated carbocycles. The molecule has 2 bridgehead atoms. The van der Waals surface area contributed by atoms with Crippen molar-refractivity contribution in [3.63, 3.8) is 0 Å². The van der Waals surface area contributed by atoms with Gasteiger partial charge in [0.2, 0.25) is 15.9 Å². The SMILES string of the molecule is CS(=O)(=O)NCc1csc2c1S(=O)(=O)N=C(C1C(=O)[C@@H]3[C@@H]4CC[C@@H](C4)[C@@H]3N(Cc3ccc(F)c(F)c3)C1=O)N2. The first-order valence-electron chi connectivity index (χ1n) is 12.3. The largest absolute Gasteiger partial charge is 0.333 e. The molecule has 1 amide bonds. The number of thiophene rings is 1. The highest BCUT2D eigenvalue weighted by molar-refractivity contribution is 7.91. The lowest BCUT2D eigenvalue weighted by molar-refractivity contribution is -0.153. The van der Waals surface area contributed by atoms with Crippen LogP contribution in [0.25, 0.3) is 0 Å². The number of nitrogens with one attached hydrogen (secondary N) is 2. The van der Waals surface area contributed by atoms with E-state index in [-0.39, 0.29) is 52.0 Å². The van der Waals surface area contributed by atoms with Gasteiger partial charge >= 0.3 is 0 Å². The fourth-order valence-corrected chi connectivity index (χ4v) is 9.59. The van der Waals surface area contributed by atoms with Crippen LogP contribution >= 0.6 is 11.3 Å². The van der Waals surface area contributed by atoms with Crippen molar-refractivity contribution in [3.8, 4) is 0 Å². The van der Waals surface area contributed by atoms with Crippen molar-refractivity contribution < 1.29 is 35.2 Å². The predicted octanol–water partition coefficient (Wildman–Crippen LogP) is 2.23. The molecule has 4 aliphatic rings. The molecule has 3 fully saturated rings. The maximum Gasteiger partial charge on any atom is 0.287 e. The van der Waals surface area contributed by atoms with Crippen LogP contribution in [0, 0.1) is 35.3 Å². The number of ketones is 1. The molecule has 1 unspecified atom stereocenters. The topological polar surface area (TPSA) is 142 Å². The molecule has 2 aliphatic heterocycles. The molecule has 1 aromatic carbocycles. The second kappa shape index (κ2) is 9.14. The maximum absolute atomic E-state index is 14.0. The summed E-state index contributed by atoms with van der Waals surface area (Å²) in [4.78, 5) is 29.0. The summed E-state index contributed by atoms with van der Waals surface area (Å²) in [5, 5.41) is 4.46. The summed E-state index contributed by atoms with van der Waals surface area (Å²) in [7, 11) is -7.97. The number of Topliss-reactive ketones (excluding diaryl/α,β-unsaturated/α-hetero) is 1. The van der Waals surface area contributed by atoms with Gasteiger partial charge in [0, 0.05) is 30.6 Å². The smallest absolute Gasteiger partial charge is 0.287 e. The first-order chi connectivity index (χ1) is 18.3. The summed E-state index contributed by atoms with van der Waals surface area (Å²) in [5.74, 6) is -5.28. The predicted molar refractivity (Wildman–Crippen MR) is 138 cm³/mol. The average molecular weight is 599 g/mol. The second-order valence-corrected chi connectivity index (χ2v) is 14.7. The highest BCUT2D eigenvalue weighted by atomic mass is 32.2. The van der Waals surface area contributed by atoms with Crippen LogP contribution in [-0.4, -0.2) is 51.6 Å². The van der Waals surface area contributed by atoms with Gasteiger partial charge in [-0.2, -0.15) is 8.42 Å². The van der Waals surface area contributed by atoms with Gasteiger partial charge in [0.25, 0.3) is 10.0 Å². The Balaban J connectivity index is 1.36. The number of amidine groups is 1. The molecule has 39 heavy (non-hydrogen) atoms. The molecule has 0 spiro atoms. The van der Waals surface area contributed by atoms with E-state index in [0.717, 1.165) is 49.0 Å². The van der Waals surface area contributed by atoms with Gasteiger partial charge in [-0.15, -0.1) is 15.7 Å². The van der Waals surface area contributed by atoms with E-state index < -0.39 is 55.5 Å². The zero-order chi connectivity index (χ0) is 27.9. The van der Waals surface area contributed by atoms with Crippen molar-refractivity contribution in [1.29, 1.82) is 0 Å². The minimum Gasteiger partial charge on any atom is -0.333 e. The maximum atomic E-state index is 14.0. The van der Waals surface area contributed by atoms with E-state index in [2.05, 4.69) is 14.4 Å². The van der Waals surface area contributed by atoms with Crippen molar-refractivity contribution in [2.24, 2.45) is 28.1 Å². The van der Waals surface area contributed by atoms with Crippen LogP contribution in [0.2, 0.25) is 0 Å². The molecule has 3 heterocycles. The number of benzene rings is 1. The number of likely N-dealkylation sites (tertiary alicyclic amines) is 1. The molecule has 0 radical (unpaired) electrons. The summed E-state index contributed by atoms with van der Waals surface area (Å²) < 4.78 is 83.1. The van der Waals surface area contributed by atoms with Crippen LogP contribution in [0.1, 0.15) is 30.4 Å². The lowest BCUT2D eigenvalue weighted by atomic mass is 9.73. The van der Waals surface area contributed by atoms with Gasteiger partial charge in [-0.3, -0.25) is 9.59 Å². The third kappa shape index (κ3) is 4.48. The quantitative estimate of drug-likeness (QED) is 0.486.